The first-order valence-corrected chi connectivity index (χ1v) is 5.39. The van der Waals surface area contributed by atoms with Gasteiger partial charge >= 0.3 is 0 Å². The molecule has 0 aliphatic rings. The van der Waals surface area contributed by atoms with Crippen LogP contribution in [0.1, 0.15) is 41.0 Å². The van der Waals surface area contributed by atoms with E-state index in [1.165, 1.54) is 28.1 Å². The smallest absolute Gasteiger partial charge is 0.0439 e. The molecule has 1 aromatic heterocycles. The fourth-order valence-electron chi connectivity index (χ4n) is 1.68. The first-order chi connectivity index (χ1) is 6.57. The zero-order valence-electron chi connectivity index (χ0n) is 9.94. The van der Waals surface area contributed by atoms with Crippen LogP contribution < -0.4 is 10.6 Å². The molecule has 0 aliphatic carbocycles. The summed E-state index contributed by atoms with van der Waals surface area (Å²) in [5.41, 5.74) is 2.85. The van der Waals surface area contributed by atoms with Crippen molar-refractivity contribution in [1.29, 1.82) is 0 Å². The lowest BCUT2D eigenvalue weighted by Gasteiger charge is -2.07. The molecule has 0 bridgehead atoms. The summed E-state index contributed by atoms with van der Waals surface area (Å²) in [4.78, 5) is 3.31. The molecule has 1 N–H and O–H groups in total. The van der Waals surface area contributed by atoms with Gasteiger partial charge in [0, 0.05) is 11.5 Å². The summed E-state index contributed by atoms with van der Waals surface area (Å²) >= 11 is 0. The third-order valence-corrected chi connectivity index (χ3v) is 3.02. The van der Waals surface area contributed by atoms with E-state index in [1.807, 2.05) is 6.20 Å². The minimum absolute atomic E-state index is 0.670. The Morgan fingerprint density at radius 2 is 2.00 bits per heavy atom. The summed E-state index contributed by atoms with van der Waals surface area (Å²) in [6.45, 7) is 11.1. The van der Waals surface area contributed by atoms with Gasteiger partial charge in [0.25, 0.3) is 0 Å². The van der Waals surface area contributed by atoms with Crippen LogP contribution in [0.25, 0.3) is 11.1 Å². The predicted octanol–water partition coefficient (Wildman–Crippen LogP) is 2.42. The molecule has 14 heavy (non-hydrogen) atoms. The highest BCUT2D eigenvalue weighted by Gasteiger charge is 2.03. The van der Waals surface area contributed by atoms with Crippen LogP contribution in [-0.4, -0.2) is 4.98 Å². The summed E-state index contributed by atoms with van der Waals surface area (Å²) in [6, 6.07) is 2.18. The second-order valence-corrected chi connectivity index (χ2v) is 4.26. The van der Waals surface area contributed by atoms with E-state index < -0.39 is 0 Å². The van der Waals surface area contributed by atoms with Crippen molar-refractivity contribution >= 4 is 11.1 Å². The summed E-state index contributed by atoms with van der Waals surface area (Å²) in [5.74, 6) is 0.670. The van der Waals surface area contributed by atoms with E-state index >= 15 is 0 Å². The van der Waals surface area contributed by atoms with Crippen LogP contribution in [0, 0.1) is 5.92 Å². The van der Waals surface area contributed by atoms with Gasteiger partial charge < -0.3 is 4.98 Å². The highest BCUT2D eigenvalue weighted by atomic mass is 14.6. The molecule has 1 unspecified atom stereocenters. The van der Waals surface area contributed by atoms with Crippen molar-refractivity contribution in [3.63, 3.8) is 0 Å². The SMILES string of the molecule is CCC(C)/C(C)=c1/cc[nH]c1=C(C)C. The second kappa shape index (κ2) is 4.50. The molecular formula is C13H21N. The van der Waals surface area contributed by atoms with Gasteiger partial charge in [0.1, 0.15) is 0 Å². The summed E-state index contributed by atoms with van der Waals surface area (Å²) in [6.07, 6.45) is 3.24. The third kappa shape index (κ3) is 2.09. The lowest BCUT2D eigenvalue weighted by Crippen LogP contribution is -2.27. The van der Waals surface area contributed by atoms with Crippen LogP contribution in [0.2, 0.25) is 0 Å². The number of hydrogen-bond donors (Lipinski definition) is 1. The molecule has 0 aromatic carbocycles. The van der Waals surface area contributed by atoms with Crippen LogP contribution >= 0.6 is 0 Å². The molecule has 1 heterocycles. The number of nitrogens with one attached hydrogen (secondary N) is 1. The maximum absolute atomic E-state index is 3.31. The Bertz CT molecular complexity index is 405. The van der Waals surface area contributed by atoms with Gasteiger partial charge in [-0.15, -0.1) is 0 Å². The quantitative estimate of drug-likeness (QED) is 0.739. The standard InChI is InChI=1S/C13H21N/c1-6-10(4)11(5)12-7-8-14-13(12)9(2)3/h7-8,10,14H,6H2,1-5H3/b12-11-. The minimum Gasteiger partial charge on any atom is -0.361 e. The fraction of sp³-hybridized carbons (Fsp3) is 0.538. The van der Waals surface area contributed by atoms with Gasteiger partial charge in [-0.05, 0) is 44.4 Å². The van der Waals surface area contributed by atoms with Gasteiger partial charge in [-0.1, -0.05) is 25.0 Å². The van der Waals surface area contributed by atoms with Crippen molar-refractivity contribution in [2.45, 2.75) is 41.0 Å². The summed E-state index contributed by atoms with van der Waals surface area (Å²) in [7, 11) is 0. The van der Waals surface area contributed by atoms with E-state index in [9.17, 15) is 0 Å². The van der Waals surface area contributed by atoms with E-state index in [0.717, 1.165) is 0 Å². The first-order valence-electron chi connectivity index (χ1n) is 5.39. The van der Waals surface area contributed by atoms with Crippen molar-refractivity contribution in [1.82, 2.24) is 4.98 Å². The number of aromatic nitrogens is 1. The third-order valence-electron chi connectivity index (χ3n) is 3.02. The van der Waals surface area contributed by atoms with E-state index in [1.54, 1.807) is 0 Å². The maximum atomic E-state index is 3.31. The predicted molar refractivity (Wildman–Crippen MR) is 63.3 cm³/mol. The van der Waals surface area contributed by atoms with Gasteiger partial charge in [0.15, 0.2) is 0 Å². The van der Waals surface area contributed by atoms with Crippen LogP contribution in [0.4, 0.5) is 0 Å². The molecule has 78 valence electrons. The maximum Gasteiger partial charge on any atom is 0.0439 e. The monoisotopic (exact) mass is 191 g/mol. The molecule has 0 saturated heterocycles. The topological polar surface area (TPSA) is 15.8 Å². The zero-order chi connectivity index (χ0) is 10.7. The number of rotatable bonds is 2. The van der Waals surface area contributed by atoms with E-state index in [0.29, 0.717) is 5.92 Å². The van der Waals surface area contributed by atoms with E-state index in [2.05, 4.69) is 45.7 Å². The molecule has 1 rings (SSSR count). The van der Waals surface area contributed by atoms with Crippen LogP contribution in [-0.2, 0) is 0 Å². The first kappa shape index (κ1) is 11.1. The minimum atomic E-state index is 0.670. The Morgan fingerprint density at radius 3 is 2.50 bits per heavy atom. The lowest BCUT2D eigenvalue weighted by molar-refractivity contribution is 0.708. The van der Waals surface area contributed by atoms with E-state index in [4.69, 9.17) is 0 Å². The number of hydrogen-bond acceptors (Lipinski definition) is 0. The van der Waals surface area contributed by atoms with Gasteiger partial charge in [0.2, 0.25) is 0 Å². The molecule has 0 amide bonds. The Balaban J connectivity index is 3.45. The molecule has 0 saturated carbocycles. The van der Waals surface area contributed by atoms with Gasteiger partial charge in [0.05, 0.1) is 0 Å². The van der Waals surface area contributed by atoms with Crippen molar-refractivity contribution in [3.8, 4) is 0 Å². The van der Waals surface area contributed by atoms with Gasteiger partial charge in [-0.3, -0.25) is 0 Å². The summed E-state index contributed by atoms with van der Waals surface area (Å²) < 4.78 is 0. The zero-order valence-corrected chi connectivity index (χ0v) is 9.94. The second-order valence-electron chi connectivity index (χ2n) is 4.26. The van der Waals surface area contributed by atoms with Crippen molar-refractivity contribution in [3.05, 3.63) is 22.8 Å². The Morgan fingerprint density at radius 1 is 1.36 bits per heavy atom. The molecule has 1 nitrogen and oxygen atoms in total. The highest BCUT2D eigenvalue weighted by molar-refractivity contribution is 5.47. The average Bonchev–Trinajstić information content (AvgIpc) is 2.63. The molecular weight excluding hydrogens is 170 g/mol. The van der Waals surface area contributed by atoms with Crippen LogP contribution in [0.5, 0.6) is 0 Å². The number of H-pyrrole nitrogens is 1. The lowest BCUT2D eigenvalue weighted by atomic mass is 9.98. The van der Waals surface area contributed by atoms with E-state index in [-0.39, 0.29) is 0 Å². The Hall–Kier alpha value is -0.980. The molecule has 0 spiro atoms. The van der Waals surface area contributed by atoms with Gasteiger partial charge in [-0.25, -0.2) is 0 Å². The Kier molecular flexibility index (Phi) is 3.56. The summed E-state index contributed by atoms with van der Waals surface area (Å²) in [5, 5.41) is 2.68. The molecule has 0 radical (unpaired) electrons. The van der Waals surface area contributed by atoms with Crippen molar-refractivity contribution in [2.75, 3.05) is 0 Å². The Labute approximate surface area is 86.5 Å². The normalized spacial score (nSPS) is 15.2. The number of aromatic amines is 1. The average molecular weight is 191 g/mol. The van der Waals surface area contributed by atoms with Gasteiger partial charge in [-0.2, -0.15) is 0 Å². The molecule has 1 heteroatoms. The molecule has 0 fully saturated rings. The van der Waals surface area contributed by atoms with Crippen LogP contribution in [0.15, 0.2) is 12.3 Å². The molecule has 1 atom stereocenters. The fourth-order valence-corrected chi connectivity index (χ4v) is 1.68. The van der Waals surface area contributed by atoms with Crippen LogP contribution in [0.3, 0.4) is 0 Å². The highest BCUT2D eigenvalue weighted by Crippen LogP contribution is 2.11. The molecule has 0 aliphatic heterocycles. The van der Waals surface area contributed by atoms with Crippen molar-refractivity contribution < 1.29 is 0 Å². The molecule has 1 aromatic rings. The van der Waals surface area contributed by atoms with Crippen molar-refractivity contribution in [2.24, 2.45) is 5.92 Å². The largest absolute Gasteiger partial charge is 0.361 e.